The smallest absolute Gasteiger partial charge is 0.135 e. The molecule has 0 saturated heterocycles. The Morgan fingerprint density at radius 1 is 0.312 bits per heavy atom. The Labute approximate surface area is 481 Å². The molecule has 0 saturated carbocycles. The van der Waals surface area contributed by atoms with Crippen LogP contribution in [-0.2, 0) is 0 Å². The van der Waals surface area contributed by atoms with E-state index < -0.39 is 0 Å². The van der Waals surface area contributed by atoms with Gasteiger partial charge in [0, 0.05) is 68.2 Å². The highest BCUT2D eigenvalue weighted by molar-refractivity contribution is 7.25. The van der Waals surface area contributed by atoms with Gasteiger partial charge >= 0.3 is 0 Å². The summed E-state index contributed by atoms with van der Waals surface area (Å²) in [6.45, 7) is 24.3. The molecule has 10 aromatic carbocycles. The van der Waals surface area contributed by atoms with Gasteiger partial charge in [0.25, 0.3) is 0 Å². The van der Waals surface area contributed by atoms with Crippen LogP contribution in [0.3, 0.4) is 0 Å². The van der Waals surface area contributed by atoms with Gasteiger partial charge in [-0.2, -0.15) is 15.8 Å². The number of rotatable bonds is 2. The first kappa shape index (κ1) is 66.9. The molecule has 0 aliphatic heterocycles. The van der Waals surface area contributed by atoms with E-state index in [9.17, 15) is 0 Å². The lowest BCUT2D eigenvalue weighted by molar-refractivity contribution is 0.669. The van der Waals surface area contributed by atoms with Gasteiger partial charge in [-0.15, -0.1) is 11.3 Å². The Bertz CT molecular complexity index is 3580. The molecule has 5 nitrogen and oxygen atoms in total. The zero-order valence-electron chi connectivity index (χ0n) is 49.3. The van der Waals surface area contributed by atoms with Crippen molar-refractivity contribution >= 4 is 86.0 Å². The minimum atomic E-state index is 0.962. The van der Waals surface area contributed by atoms with Crippen LogP contribution in [-0.4, -0.2) is 4.57 Å². The summed E-state index contributed by atoms with van der Waals surface area (Å²) in [6.07, 6.45) is 0. The van der Waals surface area contributed by atoms with Crippen LogP contribution in [0.1, 0.15) is 90.0 Å². The zero-order chi connectivity index (χ0) is 58.9. The molecule has 80 heavy (non-hydrogen) atoms. The summed E-state index contributed by atoms with van der Waals surface area (Å²) < 4.78 is 10.7. The summed E-state index contributed by atoms with van der Waals surface area (Å²) in [6, 6.07) is 91.8. The summed E-state index contributed by atoms with van der Waals surface area (Å²) in [5, 5.41) is 32.3. The second-order valence-electron chi connectivity index (χ2n) is 15.5. The van der Waals surface area contributed by atoms with Gasteiger partial charge in [0.15, 0.2) is 0 Å². The zero-order valence-corrected chi connectivity index (χ0v) is 50.1. The SMILES string of the molecule is CC.CC.CC.CC.CC.CC#N.CC#N.CC#N.c1ccc(-c2ccc3ccccc3c2)cc1.c1ccc(-n2c3ccccc3c3ccccc32)cc1.c1ccc2c(c1)oc1ccccc12.c1ccc2c(c1)sc1ccccc12. The Morgan fingerprint density at radius 2 is 0.637 bits per heavy atom. The molecule has 0 unspecified atom stereocenters. The second-order valence-corrected chi connectivity index (χ2v) is 16.6. The summed E-state index contributed by atoms with van der Waals surface area (Å²) >= 11 is 1.86. The third-order valence-electron chi connectivity index (χ3n) is 11.0. The number of nitrogens with zero attached hydrogens (tertiary/aromatic N) is 4. The molecule has 0 atom stereocenters. The lowest BCUT2D eigenvalue weighted by atomic mass is 10.0. The Balaban J connectivity index is 0.000000333. The molecule has 0 amide bonds. The number of nitriles is 3. The maximum Gasteiger partial charge on any atom is 0.135 e. The van der Waals surface area contributed by atoms with Crippen LogP contribution in [0.25, 0.3) is 91.5 Å². The van der Waals surface area contributed by atoms with Crippen LogP contribution in [0.2, 0.25) is 0 Å². The first-order chi connectivity index (χ1) is 39.5. The first-order valence-electron chi connectivity index (χ1n) is 27.8. The second kappa shape index (κ2) is 40.0. The van der Waals surface area contributed by atoms with E-state index in [1.807, 2.05) is 123 Å². The van der Waals surface area contributed by atoms with E-state index in [2.05, 4.69) is 211 Å². The van der Waals surface area contributed by atoms with Crippen LogP contribution in [0.15, 0.2) is 253 Å². The highest BCUT2D eigenvalue weighted by Gasteiger charge is 2.10. The van der Waals surface area contributed by atoms with E-state index in [0.717, 1.165) is 11.2 Å². The van der Waals surface area contributed by atoms with Crippen LogP contribution < -0.4 is 0 Å². The highest BCUT2D eigenvalue weighted by atomic mass is 32.1. The number of furan rings is 1. The molecule has 3 aromatic heterocycles. The van der Waals surface area contributed by atoms with Gasteiger partial charge < -0.3 is 8.98 Å². The van der Waals surface area contributed by atoms with Crippen molar-refractivity contribution in [3.8, 4) is 35.0 Å². The molecule has 3 heterocycles. The van der Waals surface area contributed by atoms with Gasteiger partial charge in [-0.1, -0.05) is 263 Å². The monoisotopic (exact) mass is 1070 g/mol. The van der Waals surface area contributed by atoms with Crippen LogP contribution in [0, 0.1) is 34.0 Å². The van der Waals surface area contributed by atoms with Crippen molar-refractivity contribution < 1.29 is 4.42 Å². The Morgan fingerprint density at radius 3 is 1.07 bits per heavy atom. The number of benzene rings is 10. The number of para-hydroxylation sites is 5. The molecule has 0 fully saturated rings. The Hall–Kier alpha value is -9.25. The molecule has 6 heteroatoms. The fraction of sp³-hybridized carbons (Fsp3) is 0.176. The highest BCUT2D eigenvalue weighted by Crippen LogP contribution is 2.34. The molecular weight excluding hydrogens is 993 g/mol. The average molecular weight is 1070 g/mol. The van der Waals surface area contributed by atoms with Crippen molar-refractivity contribution in [1.82, 2.24) is 4.57 Å². The summed E-state index contributed by atoms with van der Waals surface area (Å²) in [4.78, 5) is 0. The standard InChI is InChI=1S/C18H13N.C16H12.C12H8O.C12H8S.3C2H3N.5C2H6/c1-2-8-14(9-3-1)19-17-12-6-4-10-15(17)16-11-5-7-13-18(16)19;1-2-6-13(7-3-1)16-11-10-14-8-4-5-9-15(14)12-16;2*1-3-7-11-9(5-1)10-6-2-4-8-12(10)13-11;3*1-2-3;5*1-2/h1-13H;1-12H;2*1-8H;3*1H3;5*1-2H3. The minimum absolute atomic E-state index is 0.962. The van der Waals surface area contributed by atoms with Crippen LogP contribution >= 0.6 is 11.3 Å². The molecule has 0 aliphatic rings. The maximum absolute atomic E-state index is 7.32. The topological polar surface area (TPSA) is 89.4 Å². The molecule has 0 aliphatic carbocycles. The van der Waals surface area contributed by atoms with E-state index in [4.69, 9.17) is 20.2 Å². The molecule has 13 aromatic rings. The first-order valence-corrected chi connectivity index (χ1v) is 28.6. The van der Waals surface area contributed by atoms with Gasteiger partial charge in [-0.05, 0) is 76.5 Å². The molecule has 408 valence electrons. The normalized spacial score (nSPS) is 9.03. The van der Waals surface area contributed by atoms with Crippen molar-refractivity contribution in [2.45, 2.75) is 90.0 Å². The van der Waals surface area contributed by atoms with Gasteiger partial charge in [0.2, 0.25) is 0 Å². The molecule has 0 spiro atoms. The predicted molar refractivity (Wildman–Crippen MR) is 354 cm³/mol. The quantitative estimate of drug-likeness (QED) is 0.172. The molecule has 0 bridgehead atoms. The lowest BCUT2D eigenvalue weighted by Crippen LogP contribution is -1.92. The number of fused-ring (bicyclic) bond motifs is 10. The lowest BCUT2D eigenvalue weighted by Gasteiger charge is -2.06. The van der Waals surface area contributed by atoms with E-state index in [1.54, 1.807) is 18.2 Å². The molecule has 13 rings (SSSR count). The van der Waals surface area contributed by atoms with E-state index in [1.165, 1.54) is 101 Å². The van der Waals surface area contributed by atoms with Crippen molar-refractivity contribution in [2.24, 2.45) is 0 Å². The van der Waals surface area contributed by atoms with E-state index in [-0.39, 0.29) is 0 Å². The molecule has 0 N–H and O–H groups in total. The van der Waals surface area contributed by atoms with Gasteiger partial charge in [-0.25, -0.2) is 0 Å². The maximum atomic E-state index is 7.32. The van der Waals surface area contributed by atoms with Gasteiger partial charge in [0.1, 0.15) is 11.2 Å². The van der Waals surface area contributed by atoms with Crippen molar-refractivity contribution in [1.29, 1.82) is 15.8 Å². The Kier molecular flexibility index (Phi) is 33.5. The number of thiophene rings is 1. The van der Waals surface area contributed by atoms with Crippen molar-refractivity contribution in [2.75, 3.05) is 0 Å². The summed E-state index contributed by atoms with van der Waals surface area (Å²) in [5.74, 6) is 0. The summed E-state index contributed by atoms with van der Waals surface area (Å²) in [7, 11) is 0. The number of hydrogen-bond donors (Lipinski definition) is 0. The largest absolute Gasteiger partial charge is 0.456 e. The van der Waals surface area contributed by atoms with Gasteiger partial charge in [0.05, 0.1) is 29.2 Å². The van der Waals surface area contributed by atoms with Crippen molar-refractivity contribution in [3.63, 3.8) is 0 Å². The minimum Gasteiger partial charge on any atom is -0.456 e. The number of aromatic nitrogens is 1. The van der Waals surface area contributed by atoms with E-state index in [0.29, 0.717) is 0 Å². The predicted octanol–water partition coefficient (Wildman–Crippen LogP) is 23.7. The molecular formula is C74H80N4OS. The number of hydrogen-bond acceptors (Lipinski definition) is 5. The average Bonchev–Trinajstić information content (AvgIpc) is 4.25. The van der Waals surface area contributed by atoms with Crippen LogP contribution in [0.4, 0.5) is 0 Å². The third kappa shape index (κ3) is 19.0. The van der Waals surface area contributed by atoms with Gasteiger partial charge in [-0.3, -0.25) is 0 Å². The fourth-order valence-corrected chi connectivity index (χ4v) is 9.23. The summed E-state index contributed by atoms with van der Waals surface area (Å²) in [5.41, 5.74) is 8.20. The van der Waals surface area contributed by atoms with E-state index >= 15 is 0 Å². The van der Waals surface area contributed by atoms with Crippen molar-refractivity contribution in [3.05, 3.63) is 249 Å². The third-order valence-corrected chi connectivity index (χ3v) is 12.2. The molecule has 0 radical (unpaired) electrons. The fourth-order valence-electron chi connectivity index (χ4n) is 8.13. The van der Waals surface area contributed by atoms with Crippen LogP contribution in [0.5, 0.6) is 0 Å².